The number of rotatable bonds is 6. The minimum Gasteiger partial charge on any atom is -0.484 e. The summed E-state index contributed by atoms with van der Waals surface area (Å²) in [5.41, 5.74) is 0.0986. The fourth-order valence-corrected chi connectivity index (χ4v) is 6.11. The summed E-state index contributed by atoms with van der Waals surface area (Å²) in [6.45, 7) is 1.88. The number of ether oxygens (including phenoxy) is 2. The van der Waals surface area contributed by atoms with Crippen molar-refractivity contribution in [2.45, 2.75) is 69.1 Å². The Labute approximate surface area is 213 Å². The Hall–Kier alpha value is -2.87. The molecule has 4 aliphatic rings. The second-order valence-corrected chi connectivity index (χ2v) is 10.7. The van der Waals surface area contributed by atoms with Gasteiger partial charge >= 0.3 is 0 Å². The molecule has 2 aromatic carbocycles. The average molecular weight is 519 g/mol. The normalized spacial score (nSPS) is 28.6. The van der Waals surface area contributed by atoms with Crippen LogP contribution >= 0.6 is 11.6 Å². The average Bonchev–Trinajstić information content (AvgIpc) is 2.85. The maximum absolute atomic E-state index is 13.6. The smallest absolute Gasteiger partial charge is 0.261 e. The quantitative estimate of drug-likeness (QED) is 0.580. The van der Waals surface area contributed by atoms with E-state index in [2.05, 4.69) is 17.6 Å². The summed E-state index contributed by atoms with van der Waals surface area (Å²) < 4.78 is 38.4. The molecule has 3 fully saturated rings. The van der Waals surface area contributed by atoms with Gasteiger partial charge in [0.25, 0.3) is 11.8 Å². The summed E-state index contributed by atoms with van der Waals surface area (Å²) in [5, 5.41) is 6.43. The van der Waals surface area contributed by atoms with Crippen molar-refractivity contribution in [3.05, 3.63) is 58.6 Å². The molecular weight excluding hydrogens is 490 g/mol. The first-order chi connectivity index (χ1) is 17.2. The largest absolute Gasteiger partial charge is 0.484 e. The maximum Gasteiger partial charge on any atom is 0.261 e. The molecule has 2 bridgehead atoms. The number of carbonyl (C=O) groups excluding carboxylic acids is 2. The number of hydrogen-bond donors (Lipinski definition) is 2. The van der Waals surface area contributed by atoms with E-state index in [0.717, 1.165) is 43.7 Å². The third kappa shape index (κ3) is 4.88. The lowest BCUT2D eigenvalue weighted by atomic mass is 9.56. The summed E-state index contributed by atoms with van der Waals surface area (Å²) in [6.07, 6.45) is 4.21. The fraction of sp³-hybridized carbons (Fsp3) is 0.481. The molecule has 192 valence electrons. The van der Waals surface area contributed by atoms with E-state index in [4.69, 9.17) is 21.1 Å². The summed E-state index contributed by atoms with van der Waals surface area (Å²) in [5.74, 6) is -0.355. The minimum absolute atomic E-state index is 0.00470. The molecule has 2 aromatic rings. The van der Waals surface area contributed by atoms with Crippen LogP contribution in [0.3, 0.4) is 0 Å². The van der Waals surface area contributed by atoms with E-state index in [1.165, 1.54) is 24.3 Å². The number of hydrogen-bond acceptors (Lipinski definition) is 4. The standard InChI is InChI=1S/C27H29ClF2N2O4/c1-16-14-26(31-24(33)15-35-19-4-5-20(28)21(30)13-19)8-10-27(16,11-9-26)32-25(34)23-6-2-17-12-18(29)3-7-22(17)36-23/h3-5,7,12-13,16,23H,2,6,8-11,14-15H2,1H3,(H,31,33)(H,32,34)/t16-,23-,26?,27?/m0/s1. The van der Waals surface area contributed by atoms with Gasteiger partial charge in [0.05, 0.1) is 5.02 Å². The van der Waals surface area contributed by atoms with Gasteiger partial charge in [-0.25, -0.2) is 8.78 Å². The molecule has 1 heterocycles. The van der Waals surface area contributed by atoms with Gasteiger partial charge in [0.15, 0.2) is 12.7 Å². The molecular formula is C27H29ClF2N2O4. The summed E-state index contributed by atoms with van der Waals surface area (Å²) in [7, 11) is 0. The van der Waals surface area contributed by atoms with Crippen molar-refractivity contribution in [3.63, 3.8) is 0 Å². The van der Waals surface area contributed by atoms with Crippen molar-refractivity contribution < 1.29 is 27.8 Å². The number of fused-ring (bicyclic) bond motifs is 4. The van der Waals surface area contributed by atoms with Gasteiger partial charge in [-0.1, -0.05) is 18.5 Å². The van der Waals surface area contributed by atoms with Crippen LogP contribution in [0, 0.1) is 17.6 Å². The first kappa shape index (κ1) is 24.8. The zero-order chi connectivity index (χ0) is 25.5. The Kier molecular flexibility index (Phi) is 6.57. The summed E-state index contributed by atoms with van der Waals surface area (Å²) in [6, 6.07) is 8.44. The SMILES string of the molecule is C[C@H]1CC2(NC(=O)COc3ccc(Cl)c(F)c3)CCC1(NC(=O)[C@@H]1CCc3cc(F)ccc3O1)CC2. The molecule has 2 amide bonds. The second kappa shape index (κ2) is 9.54. The third-order valence-corrected chi connectivity index (χ3v) is 8.34. The highest BCUT2D eigenvalue weighted by Crippen LogP contribution is 2.50. The number of carbonyl (C=O) groups is 2. The second-order valence-electron chi connectivity index (χ2n) is 10.3. The zero-order valence-corrected chi connectivity index (χ0v) is 20.8. The van der Waals surface area contributed by atoms with Gasteiger partial charge in [-0.05, 0) is 86.8 Å². The Morgan fingerprint density at radius 3 is 2.61 bits per heavy atom. The number of amides is 2. The predicted octanol–water partition coefficient (Wildman–Crippen LogP) is 4.71. The van der Waals surface area contributed by atoms with Gasteiger partial charge in [-0.2, -0.15) is 0 Å². The molecule has 1 aliphatic heterocycles. The van der Waals surface area contributed by atoms with E-state index in [9.17, 15) is 18.4 Å². The molecule has 0 radical (unpaired) electrons. The third-order valence-electron chi connectivity index (χ3n) is 8.04. The fourth-order valence-electron chi connectivity index (χ4n) is 5.99. The lowest BCUT2D eigenvalue weighted by Crippen LogP contribution is -2.68. The van der Waals surface area contributed by atoms with Gasteiger partial charge in [-0.3, -0.25) is 9.59 Å². The van der Waals surface area contributed by atoms with Gasteiger partial charge in [0.2, 0.25) is 0 Å². The van der Waals surface area contributed by atoms with Crippen LogP contribution in [0.4, 0.5) is 8.78 Å². The van der Waals surface area contributed by atoms with Crippen LogP contribution in [0.1, 0.15) is 51.0 Å². The number of benzene rings is 2. The van der Waals surface area contributed by atoms with Crippen molar-refractivity contribution in [3.8, 4) is 11.5 Å². The molecule has 0 aromatic heterocycles. The Bertz CT molecular complexity index is 1180. The van der Waals surface area contributed by atoms with E-state index in [-0.39, 0.29) is 52.0 Å². The predicted molar refractivity (Wildman–Crippen MR) is 130 cm³/mol. The van der Waals surface area contributed by atoms with Crippen LogP contribution in [0.5, 0.6) is 11.5 Å². The van der Waals surface area contributed by atoms with E-state index in [1.807, 2.05) is 0 Å². The zero-order valence-electron chi connectivity index (χ0n) is 20.0. The van der Waals surface area contributed by atoms with Crippen LogP contribution < -0.4 is 20.1 Å². The lowest BCUT2D eigenvalue weighted by Gasteiger charge is -2.57. The number of halogens is 3. The van der Waals surface area contributed by atoms with Crippen LogP contribution in [-0.2, 0) is 16.0 Å². The lowest BCUT2D eigenvalue weighted by molar-refractivity contribution is -0.136. The number of nitrogens with one attached hydrogen (secondary N) is 2. The molecule has 36 heavy (non-hydrogen) atoms. The monoisotopic (exact) mass is 518 g/mol. The highest BCUT2D eigenvalue weighted by Gasteiger charge is 2.54. The molecule has 6 nitrogen and oxygen atoms in total. The van der Waals surface area contributed by atoms with Gasteiger partial charge in [0.1, 0.15) is 23.1 Å². The molecule has 0 saturated heterocycles. The van der Waals surface area contributed by atoms with E-state index < -0.39 is 11.9 Å². The molecule has 3 aliphatic carbocycles. The molecule has 9 heteroatoms. The maximum atomic E-state index is 13.6. The molecule has 2 atom stereocenters. The van der Waals surface area contributed by atoms with Crippen molar-refractivity contribution in [2.75, 3.05) is 6.61 Å². The van der Waals surface area contributed by atoms with Crippen LogP contribution in [0.2, 0.25) is 5.02 Å². The molecule has 6 rings (SSSR count). The first-order valence-corrected chi connectivity index (χ1v) is 12.7. The van der Waals surface area contributed by atoms with Crippen LogP contribution in [0.25, 0.3) is 0 Å². The molecule has 0 spiro atoms. The van der Waals surface area contributed by atoms with Crippen LogP contribution in [-0.4, -0.2) is 35.6 Å². The minimum atomic E-state index is -0.604. The van der Waals surface area contributed by atoms with E-state index >= 15 is 0 Å². The Morgan fingerprint density at radius 1 is 1.11 bits per heavy atom. The van der Waals surface area contributed by atoms with Crippen LogP contribution in [0.15, 0.2) is 36.4 Å². The molecule has 3 saturated carbocycles. The highest BCUT2D eigenvalue weighted by atomic mass is 35.5. The van der Waals surface area contributed by atoms with Crippen molar-refractivity contribution in [1.82, 2.24) is 10.6 Å². The number of aryl methyl sites for hydroxylation is 1. The Balaban J connectivity index is 1.16. The van der Waals surface area contributed by atoms with E-state index in [0.29, 0.717) is 18.6 Å². The van der Waals surface area contributed by atoms with Crippen molar-refractivity contribution >= 4 is 23.4 Å². The van der Waals surface area contributed by atoms with Crippen molar-refractivity contribution in [1.29, 1.82) is 0 Å². The Morgan fingerprint density at radius 2 is 1.89 bits per heavy atom. The molecule has 0 unspecified atom stereocenters. The van der Waals surface area contributed by atoms with Gasteiger partial charge in [-0.15, -0.1) is 0 Å². The summed E-state index contributed by atoms with van der Waals surface area (Å²) >= 11 is 5.68. The topological polar surface area (TPSA) is 76.7 Å². The van der Waals surface area contributed by atoms with Gasteiger partial charge in [0, 0.05) is 17.1 Å². The highest BCUT2D eigenvalue weighted by molar-refractivity contribution is 6.30. The first-order valence-electron chi connectivity index (χ1n) is 12.3. The molecule has 2 N–H and O–H groups in total. The van der Waals surface area contributed by atoms with Crippen molar-refractivity contribution in [2.24, 2.45) is 5.92 Å². The van der Waals surface area contributed by atoms with E-state index in [1.54, 1.807) is 6.07 Å². The summed E-state index contributed by atoms with van der Waals surface area (Å²) in [4.78, 5) is 25.8. The van der Waals surface area contributed by atoms with Gasteiger partial charge < -0.3 is 20.1 Å².